The third-order valence-electron chi connectivity index (χ3n) is 4.72. The van der Waals surface area contributed by atoms with E-state index in [1.165, 1.54) is 42.7 Å². The van der Waals surface area contributed by atoms with Crippen LogP contribution in [0.2, 0.25) is 0 Å². The molecule has 3 rings (SSSR count). The Hall–Kier alpha value is -3.56. The van der Waals surface area contributed by atoms with Crippen LogP contribution in [0, 0.1) is 6.92 Å². The molecule has 0 saturated carbocycles. The lowest BCUT2D eigenvalue weighted by atomic mass is 10.1. The van der Waals surface area contributed by atoms with Gasteiger partial charge in [0.1, 0.15) is 5.00 Å². The van der Waals surface area contributed by atoms with Gasteiger partial charge in [0.15, 0.2) is 5.11 Å². The van der Waals surface area contributed by atoms with Crippen molar-refractivity contribution >= 4 is 51.5 Å². The Labute approximate surface area is 194 Å². The topological polar surface area (TPSA) is 111 Å². The van der Waals surface area contributed by atoms with Crippen molar-refractivity contribution in [2.45, 2.75) is 13.3 Å². The second-order valence-corrected chi connectivity index (χ2v) is 8.37. The first-order valence-electron chi connectivity index (χ1n) is 9.56. The van der Waals surface area contributed by atoms with Crippen molar-refractivity contribution in [3.63, 3.8) is 0 Å². The number of hydrogen-bond acceptors (Lipinski definition) is 6. The fourth-order valence-corrected chi connectivity index (χ4v) is 4.59. The van der Waals surface area contributed by atoms with Gasteiger partial charge in [0, 0.05) is 16.9 Å². The third kappa shape index (κ3) is 5.37. The number of nitrogens with one attached hydrogen (secondary N) is 2. The highest BCUT2D eigenvalue weighted by molar-refractivity contribution is 7.80. The quantitative estimate of drug-likeness (QED) is 0.377. The zero-order chi connectivity index (χ0) is 23.3. The molecule has 1 aromatic heterocycles. The maximum atomic E-state index is 12.5. The van der Waals surface area contributed by atoms with E-state index in [0.29, 0.717) is 28.1 Å². The van der Waals surface area contributed by atoms with Crippen LogP contribution in [-0.4, -0.2) is 30.0 Å². The largest absolute Gasteiger partial charge is 0.465 e. The van der Waals surface area contributed by atoms with E-state index >= 15 is 0 Å². The second-order valence-electron chi connectivity index (χ2n) is 6.86. The van der Waals surface area contributed by atoms with E-state index in [1.807, 2.05) is 37.3 Å². The Morgan fingerprint density at radius 3 is 2.25 bits per heavy atom. The molecule has 0 fully saturated rings. The maximum absolute atomic E-state index is 12.5. The summed E-state index contributed by atoms with van der Waals surface area (Å²) in [5, 5.41) is 6.00. The van der Waals surface area contributed by atoms with Crippen molar-refractivity contribution in [2.24, 2.45) is 5.73 Å². The van der Waals surface area contributed by atoms with Gasteiger partial charge in [-0.15, -0.1) is 11.3 Å². The van der Waals surface area contributed by atoms with Crippen LogP contribution in [0.25, 0.3) is 0 Å². The molecule has 164 valence electrons. The number of carbonyl (C=O) groups is 3. The number of thiocarbonyl (C=S) groups is 1. The highest BCUT2D eigenvalue weighted by Crippen LogP contribution is 2.34. The number of ether oxygens (including phenoxy) is 1. The fourth-order valence-electron chi connectivity index (χ4n) is 3.08. The number of carbonyl (C=O) groups excluding carboxylic acids is 3. The Morgan fingerprint density at radius 1 is 1.03 bits per heavy atom. The van der Waals surface area contributed by atoms with Crippen molar-refractivity contribution < 1.29 is 19.1 Å². The predicted molar refractivity (Wildman–Crippen MR) is 128 cm³/mol. The molecular formula is C23H21N3O4S2. The number of primary amides is 1. The summed E-state index contributed by atoms with van der Waals surface area (Å²) < 4.78 is 4.64. The number of hydrogen-bond donors (Lipinski definition) is 3. The molecule has 0 radical (unpaired) electrons. The molecule has 7 nitrogen and oxygen atoms in total. The minimum Gasteiger partial charge on any atom is -0.465 e. The molecule has 0 aliphatic rings. The van der Waals surface area contributed by atoms with E-state index in [1.54, 1.807) is 0 Å². The standard InChI is InChI=1S/C23H21N3O4S2/c1-13-17(12-14-6-4-3-5-7-14)32-21(18(13)19(24)27)26-23(31)25-20(28)15-8-10-16(11-9-15)22(29)30-2/h3-11H,12H2,1-2H3,(H2,24,27)(H2,25,26,28,31). The predicted octanol–water partition coefficient (Wildman–Crippen LogP) is 3.66. The van der Waals surface area contributed by atoms with Crippen LogP contribution in [0.4, 0.5) is 5.00 Å². The molecule has 4 N–H and O–H groups in total. The lowest BCUT2D eigenvalue weighted by Crippen LogP contribution is -2.34. The molecule has 3 aromatic rings. The third-order valence-corrected chi connectivity index (χ3v) is 6.13. The molecule has 0 saturated heterocycles. The maximum Gasteiger partial charge on any atom is 0.337 e. The fraction of sp³-hybridized carbons (Fsp3) is 0.130. The van der Waals surface area contributed by atoms with Crippen molar-refractivity contribution in [3.8, 4) is 0 Å². The van der Waals surface area contributed by atoms with Gasteiger partial charge in [-0.2, -0.15) is 0 Å². The highest BCUT2D eigenvalue weighted by Gasteiger charge is 2.21. The molecule has 0 bridgehead atoms. The number of anilines is 1. The molecule has 0 aliphatic carbocycles. The molecule has 32 heavy (non-hydrogen) atoms. The molecular weight excluding hydrogens is 446 g/mol. The van der Waals surface area contributed by atoms with Crippen LogP contribution >= 0.6 is 23.6 Å². The van der Waals surface area contributed by atoms with Crippen LogP contribution in [0.3, 0.4) is 0 Å². The van der Waals surface area contributed by atoms with Gasteiger partial charge < -0.3 is 15.8 Å². The number of thiophene rings is 1. The van der Waals surface area contributed by atoms with Gasteiger partial charge in [0.05, 0.1) is 18.2 Å². The lowest BCUT2D eigenvalue weighted by molar-refractivity contribution is 0.0600. The Bertz CT molecular complexity index is 1170. The Kier molecular flexibility index (Phi) is 7.34. The number of rotatable bonds is 6. The van der Waals surface area contributed by atoms with Crippen LogP contribution < -0.4 is 16.4 Å². The average Bonchev–Trinajstić information content (AvgIpc) is 3.08. The molecule has 1 heterocycles. The zero-order valence-corrected chi connectivity index (χ0v) is 19.1. The smallest absolute Gasteiger partial charge is 0.337 e. The van der Waals surface area contributed by atoms with Crippen LogP contribution in [0.15, 0.2) is 54.6 Å². The second kappa shape index (κ2) is 10.2. The lowest BCUT2D eigenvalue weighted by Gasteiger charge is -2.09. The van der Waals surface area contributed by atoms with Crippen LogP contribution in [-0.2, 0) is 11.2 Å². The van der Waals surface area contributed by atoms with E-state index in [2.05, 4.69) is 15.4 Å². The zero-order valence-electron chi connectivity index (χ0n) is 17.4. The number of methoxy groups -OCH3 is 1. The molecule has 0 atom stereocenters. The Morgan fingerprint density at radius 2 is 1.66 bits per heavy atom. The molecule has 9 heteroatoms. The van der Waals surface area contributed by atoms with Gasteiger partial charge in [-0.1, -0.05) is 30.3 Å². The van der Waals surface area contributed by atoms with Crippen LogP contribution in [0.5, 0.6) is 0 Å². The van der Waals surface area contributed by atoms with Crippen molar-refractivity contribution in [1.82, 2.24) is 5.32 Å². The number of amides is 2. The van der Waals surface area contributed by atoms with E-state index in [-0.39, 0.29) is 5.11 Å². The van der Waals surface area contributed by atoms with Crippen LogP contribution in [0.1, 0.15) is 47.1 Å². The summed E-state index contributed by atoms with van der Waals surface area (Å²) in [5.41, 5.74) is 8.47. The van der Waals surface area contributed by atoms with Crippen molar-refractivity contribution in [3.05, 3.63) is 87.3 Å². The van der Waals surface area contributed by atoms with Crippen molar-refractivity contribution in [1.29, 1.82) is 0 Å². The molecule has 0 unspecified atom stereocenters. The first kappa shape index (κ1) is 23.1. The summed E-state index contributed by atoms with van der Waals surface area (Å²) in [6.07, 6.45) is 0.644. The number of esters is 1. The van der Waals surface area contributed by atoms with Gasteiger partial charge in [-0.05, 0) is 54.5 Å². The SMILES string of the molecule is COC(=O)c1ccc(C(=O)NC(=S)Nc2sc(Cc3ccccc3)c(C)c2C(N)=O)cc1. The minimum absolute atomic E-state index is 0.0297. The van der Waals surface area contributed by atoms with Crippen molar-refractivity contribution in [2.75, 3.05) is 12.4 Å². The average molecular weight is 468 g/mol. The molecule has 0 spiro atoms. The van der Waals surface area contributed by atoms with Gasteiger partial charge >= 0.3 is 5.97 Å². The van der Waals surface area contributed by atoms with Gasteiger partial charge in [-0.25, -0.2) is 4.79 Å². The summed E-state index contributed by atoms with van der Waals surface area (Å²) >= 11 is 6.63. The number of nitrogens with two attached hydrogens (primary N) is 1. The van der Waals surface area contributed by atoms with E-state index in [4.69, 9.17) is 18.0 Å². The van der Waals surface area contributed by atoms with E-state index in [9.17, 15) is 14.4 Å². The first-order chi connectivity index (χ1) is 15.3. The van der Waals surface area contributed by atoms with Gasteiger partial charge in [0.25, 0.3) is 11.8 Å². The van der Waals surface area contributed by atoms with E-state index in [0.717, 1.165) is 16.0 Å². The van der Waals surface area contributed by atoms with E-state index < -0.39 is 17.8 Å². The number of benzene rings is 2. The summed E-state index contributed by atoms with van der Waals surface area (Å²) in [4.78, 5) is 37.0. The molecule has 2 amide bonds. The van der Waals surface area contributed by atoms with Gasteiger partial charge in [0.2, 0.25) is 0 Å². The molecule has 0 aliphatic heterocycles. The first-order valence-corrected chi connectivity index (χ1v) is 10.8. The molecule has 2 aromatic carbocycles. The summed E-state index contributed by atoms with van der Waals surface area (Å²) in [6.45, 7) is 1.84. The summed E-state index contributed by atoms with van der Waals surface area (Å²) in [6, 6.07) is 15.8. The minimum atomic E-state index is -0.576. The summed E-state index contributed by atoms with van der Waals surface area (Å²) in [7, 11) is 1.28. The normalized spacial score (nSPS) is 10.3. The Balaban J connectivity index is 1.73. The summed E-state index contributed by atoms with van der Waals surface area (Å²) in [5.74, 6) is -1.53. The monoisotopic (exact) mass is 467 g/mol. The van der Waals surface area contributed by atoms with Gasteiger partial charge in [-0.3, -0.25) is 14.9 Å². The highest BCUT2D eigenvalue weighted by atomic mass is 32.1.